The molecule has 0 unspecified atom stereocenters. The van der Waals surface area contributed by atoms with Gasteiger partial charge in [-0.2, -0.15) is 5.10 Å². The maximum Gasteiger partial charge on any atom is 0.214 e. The van der Waals surface area contributed by atoms with Gasteiger partial charge >= 0.3 is 0 Å². The second-order valence-electron chi connectivity index (χ2n) is 9.61. The Balaban J connectivity index is 1.48. The normalized spacial score (nSPS) is 18.1. The van der Waals surface area contributed by atoms with Crippen LogP contribution in [0.5, 0.6) is 17.2 Å². The van der Waals surface area contributed by atoms with Gasteiger partial charge in [-0.15, -0.1) is 0 Å². The van der Waals surface area contributed by atoms with Gasteiger partial charge in [-0.1, -0.05) is 79.2 Å². The van der Waals surface area contributed by atoms with Crippen LogP contribution in [0, 0.1) is 6.92 Å². The minimum absolute atomic E-state index is 0.0539. The molecule has 2 aliphatic rings. The van der Waals surface area contributed by atoms with E-state index in [1.165, 1.54) is 18.4 Å². The molecule has 0 radical (unpaired) electrons. The Hall–Kier alpha value is -2.89. The van der Waals surface area contributed by atoms with Gasteiger partial charge in [0.05, 0.1) is 30.5 Å². The summed E-state index contributed by atoms with van der Waals surface area (Å²) in [5.41, 5.74) is 5.16. The second-order valence-corrected chi connectivity index (χ2v) is 10.5. The van der Waals surface area contributed by atoms with Crippen molar-refractivity contribution in [2.45, 2.75) is 58.2 Å². The van der Waals surface area contributed by atoms with Crippen molar-refractivity contribution in [3.8, 4) is 17.2 Å². The number of nitrogens with zero attached hydrogens (tertiary/aromatic N) is 2. The Morgan fingerprint density at radius 2 is 1.81 bits per heavy atom. The first kappa shape index (κ1) is 25.7. The molecule has 0 fully saturated rings. The second kappa shape index (κ2) is 11.2. The SMILES string of the molecule is CCCCCCOc1ccc([C@H]2Oc3c(Cl)cc(Cl)cc3[C@@H]3CC(c4ccc(C)cc4)=NN23)cc1OC. The number of benzene rings is 3. The van der Waals surface area contributed by atoms with E-state index in [0.29, 0.717) is 28.2 Å². The summed E-state index contributed by atoms with van der Waals surface area (Å²) in [6, 6.07) is 18.0. The van der Waals surface area contributed by atoms with Gasteiger partial charge in [-0.3, -0.25) is 0 Å². The van der Waals surface area contributed by atoms with Crippen molar-refractivity contribution in [3.63, 3.8) is 0 Å². The zero-order valence-corrected chi connectivity index (χ0v) is 23.0. The van der Waals surface area contributed by atoms with Crippen molar-refractivity contribution in [3.05, 3.63) is 86.9 Å². The van der Waals surface area contributed by atoms with E-state index in [0.717, 1.165) is 47.4 Å². The molecule has 0 spiro atoms. The molecular weight excluding hydrogens is 507 g/mol. The first-order valence-electron chi connectivity index (χ1n) is 12.9. The molecular formula is C30H32Cl2N2O3. The number of unbranched alkanes of at least 4 members (excludes halogenated alkanes) is 3. The molecule has 0 amide bonds. The van der Waals surface area contributed by atoms with Gasteiger partial charge in [0.2, 0.25) is 6.23 Å². The first-order chi connectivity index (χ1) is 18.0. The quantitative estimate of drug-likeness (QED) is 0.256. The number of fused-ring (bicyclic) bond motifs is 3. The van der Waals surface area contributed by atoms with Crippen molar-refractivity contribution < 1.29 is 14.2 Å². The van der Waals surface area contributed by atoms with Crippen LogP contribution in [-0.4, -0.2) is 24.4 Å². The van der Waals surface area contributed by atoms with Crippen LogP contribution < -0.4 is 14.2 Å². The maximum absolute atomic E-state index is 6.63. The zero-order chi connectivity index (χ0) is 25.9. The summed E-state index contributed by atoms with van der Waals surface area (Å²) < 4.78 is 18.3. The molecule has 2 heterocycles. The summed E-state index contributed by atoms with van der Waals surface area (Å²) >= 11 is 13.0. The number of methoxy groups -OCH3 is 1. The standard InChI is InChI=1S/C30H32Cl2N2O3/c1-4-5-6-7-14-36-27-13-12-21(15-28(27)35-3)30-34-26(23-16-22(31)17-24(32)29(23)37-30)18-25(33-34)20-10-8-19(2)9-11-20/h8-13,15-17,26,30H,4-7,14,18H2,1-3H3/t26-,30+/m0/s1. The average molecular weight is 540 g/mol. The van der Waals surface area contributed by atoms with Crippen molar-refractivity contribution in [1.82, 2.24) is 5.01 Å². The van der Waals surface area contributed by atoms with Gasteiger partial charge in [-0.25, -0.2) is 5.01 Å². The third-order valence-electron chi connectivity index (χ3n) is 6.92. The zero-order valence-electron chi connectivity index (χ0n) is 21.5. The van der Waals surface area contributed by atoms with Gasteiger partial charge in [-0.05, 0) is 49.2 Å². The number of hydrogen-bond acceptors (Lipinski definition) is 5. The number of ether oxygens (including phenoxy) is 3. The van der Waals surface area contributed by atoms with E-state index in [9.17, 15) is 0 Å². The third kappa shape index (κ3) is 5.39. The molecule has 0 saturated carbocycles. The Labute approximate surface area is 228 Å². The predicted molar refractivity (Wildman–Crippen MR) is 149 cm³/mol. The number of hydrazone groups is 1. The van der Waals surface area contributed by atoms with E-state index < -0.39 is 6.23 Å². The highest BCUT2D eigenvalue weighted by Crippen LogP contribution is 2.51. The van der Waals surface area contributed by atoms with Gasteiger partial charge < -0.3 is 14.2 Å². The Morgan fingerprint density at radius 3 is 2.57 bits per heavy atom. The minimum Gasteiger partial charge on any atom is -0.493 e. The van der Waals surface area contributed by atoms with Crippen molar-refractivity contribution in [2.75, 3.05) is 13.7 Å². The molecule has 37 heavy (non-hydrogen) atoms. The fourth-order valence-corrected chi connectivity index (χ4v) is 5.48. The van der Waals surface area contributed by atoms with Gasteiger partial charge in [0.15, 0.2) is 11.5 Å². The van der Waals surface area contributed by atoms with Crippen LogP contribution in [0.4, 0.5) is 0 Å². The van der Waals surface area contributed by atoms with Crippen LogP contribution in [0.2, 0.25) is 10.0 Å². The van der Waals surface area contributed by atoms with Gasteiger partial charge in [0.25, 0.3) is 0 Å². The topological polar surface area (TPSA) is 43.3 Å². The van der Waals surface area contributed by atoms with Crippen molar-refractivity contribution in [2.24, 2.45) is 5.10 Å². The summed E-state index contributed by atoms with van der Waals surface area (Å²) in [7, 11) is 1.66. The molecule has 5 nitrogen and oxygen atoms in total. The van der Waals surface area contributed by atoms with Crippen LogP contribution in [0.15, 0.2) is 59.7 Å². The van der Waals surface area contributed by atoms with Crippen LogP contribution in [0.25, 0.3) is 0 Å². The van der Waals surface area contributed by atoms with E-state index in [1.54, 1.807) is 13.2 Å². The molecule has 0 aromatic heterocycles. The number of aryl methyl sites for hydroxylation is 1. The number of halogens is 2. The highest BCUT2D eigenvalue weighted by Gasteiger charge is 2.42. The summed E-state index contributed by atoms with van der Waals surface area (Å²) in [5.74, 6) is 2.04. The monoisotopic (exact) mass is 538 g/mol. The summed E-state index contributed by atoms with van der Waals surface area (Å²) in [6.45, 7) is 4.95. The van der Waals surface area contributed by atoms with E-state index in [1.807, 2.05) is 29.3 Å². The number of hydrogen-bond donors (Lipinski definition) is 0. The summed E-state index contributed by atoms with van der Waals surface area (Å²) in [6.07, 6.45) is 4.85. The first-order valence-corrected chi connectivity index (χ1v) is 13.6. The van der Waals surface area contributed by atoms with Crippen LogP contribution >= 0.6 is 23.2 Å². The lowest BCUT2D eigenvalue weighted by atomic mass is 9.95. The molecule has 5 rings (SSSR count). The Kier molecular flexibility index (Phi) is 7.82. The van der Waals surface area contributed by atoms with Gasteiger partial charge in [0, 0.05) is 22.6 Å². The molecule has 0 aliphatic carbocycles. The summed E-state index contributed by atoms with van der Waals surface area (Å²) in [4.78, 5) is 0. The molecule has 2 atom stereocenters. The van der Waals surface area contributed by atoms with E-state index in [-0.39, 0.29) is 6.04 Å². The lowest BCUT2D eigenvalue weighted by Crippen LogP contribution is -2.33. The fourth-order valence-electron chi connectivity index (χ4n) is 4.92. The minimum atomic E-state index is -0.480. The fraction of sp³-hybridized carbons (Fsp3) is 0.367. The molecule has 3 aromatic rings. The molecule has 7 heteroatoms. The lowest BCUT2D eigenvalue weighted by Gasteiger charge is -2.38. The smallest absolute Gasteiger partial charge is 0.214 e. The molecule has 194 valence electrons. The van der Waals surface area contributed by atoms with Crippen LogP contribution in [-0.2, 0) is 0 Å². The molecule has 0 N–H and O–H groups in total. The highest BCUT2D eigenvalue weighted by molar-refractivity contribution is 6.35. The largest absolute Gasteiger partial charge is 0.493 e. The van der Waals surface area contributed by atoms with Crippen molar-refractivity contribution >= 4 is 28.9 Å². The Morgan fingerprint density at radius 1 is 1.00 bits per heavy atom. The van der Waals surface area contributed by atoms with Crippen molar-refractivity contribution in [1.29, 1.82) is 0 Å². The highest BCUT2D eigenvalue weighted by atomic mass is 35.5. The van der Waals surface area contributed by atoms with Gasteiger partial charge in [0.1, 0.15) is 5.75 Å². The van der Waals surface area contributed by atoms with E-state index in [2.05, 4.69) is 38.1 Å². The van der Waals surface area contributed by atoms with E-state index >= 15 is 0 Å². The number of rotatable bonds is 9. The van der Waals surface area contributed by atoms with Crippen LogP contribution in [0.1, 0.15) is 73.6 Å². The average Bonchev–Trinajstić information content (AvgIpc) is 3.34. The maximum atomic E-state index is 6.63. The molecule has 0 saturated heterocycles. The summed E-state index contributed by atoms with van der Waals surface area (Å²) in [5, 5.41) is 8.14. The Bertz CT molecular complexity index is 1290. The lowest BCUT2D eigenvalue weighted by molar-refractivity contribution is -0.0190. The molecule has 0 bridgehead atoms. The van der Waals surface area contributed by atoms with Crippen LogP contribution in [0.3, 0.4) is 0 Å². The third-order valence-corrected chi connectivity index (χ3v) is 7.42. The molecule has 2 aliphatic heterocycles. The predicted octanol–water partition coefficient (Wildman–Crippen LogP) is 8.51. The molecule has 3 aromatic carbocycles. The van der Waals surface area contributed by atoms with E-state index in [4.69, 9.17) is 42.5 Å².